The molecule has 3 rings (SSSR count). The van der Waals surface area contributed by atoms with Crippen LogP contribution in [0, 0.1) is 12.8 Å². The molecule has 2 unspecified atom stereocenters. The number of hydrogen-bond acceptors (Lipinski definition) is 6. The van der Waals surface area contributed by atoms with Gasteiger partial charge < -0.3 is 19.2 Å². The molecule has 2 aromatic carbocycles. The molecule has 1 heterocycles. The first-order valence-electron chi connectivity index (χ1n) is 15.1. The van der Waals surface area contributed by atoms with E-state index in [0.717, 1.165) is 16.7 Å². The van der Waals surface area contributed by atoms with Gasteiger partial charge in [-0.15, -0.1) is 0 Å². The second-order valence-corrected chi connectivity index (χ2v) is 17.8. The van der Waals surface area contributed by atoms with Crippen molar-refractivity contribution in [3.63, 3.8) is 0 Å². The molecule has 0 aliphatic heterocycles. The third-order valence-electron chi connectivity index (χ3n) is 7.92. The molecule has 2 amide bonds. The molecule has 0 aliphatic rings. The van der Waals surface area contributed by atoms with Crippen LogP contribution in [0.15, 0.2) is 66.7 Å². The second kappa shape index (κ2) is 15.1. The van der Waals surface area contributed by atoms with E-state index in [1.165, 1.54) is 0 Å². The van der Waals surface area contributed by atoms with Crippen molar-refractivity contribution in [2.24, 2.45) is 5.92 Å². The standard InChI is InChI=1S/C34H44F3N3O5Si/c1-22(2)29(30(34(35,36)37)45-46(7,8)33(4,5)6)40-28(41)21-43-31-27(39-32(42)44-20-24-12-10-9-11-13-24)19-18-26(38-31)25-16-14-23(3)15-17-25/h9-19,22,29-30H,20-21H2,1-8H3,(H,39,42)(H,40,41). The smallest absolute Gasteiger partial charge is 0.415 e. The summed E-state index contributed by atoms with van der Waals surface area (Å²) in [6, 6.07) is 18.5. The molecule has 0 radical (unpaired) electrons. The third-order valence-corrected chi connectivity index (χ3v) is 12.4. The molecule has 0 bridgehead atoms. The largest absolute Gasteiger partial charge is 0.466 e. The van der Waals surface area contributed by atoms with Crippen molar-refractivity contribution in [2.45, 2.75) is 84.6 Å². The number of halogens is 3. The zero-order valence-corrected chi connectivity index (χ0v) is 28.6. The first-order valence-corrected chi connectivity index (χ1v) is 18.0. The number of carbonyl (C=O) groups is 2. The highest BCUT2D eigenvalue weighted by atomic mass is 28.4. The monoisotopic (exact) mass is 659 g/mol. The van der Waals surface area contributed by atoms with Gasteiger partial charge in [0.05, 0.1) is 11.7 Å². The van der Waals surface area contributed by atoms with Crippen LogP contribution in [-0.2, 0) is 20.6 Å². The van der Waals surface area contributed by atoms with Gasteiger partial charge in [-0.05, 0) is 48.7 Å². The maximum Gasteiger partial charge on any atom is 0.415 e. The summed E-state index contributed by atoms with van der Waals surface area (Å²) in [5.41, 5.74) is 3.21. The van der Waals surface area contributed by atoms with Gasteiger partial charge >= 0.3 is 12.3 Å². The van der Waals surface area contributed by atoms with Gasteiger partial charge in [0.15, 0.2) is 21.0 Å². The topological polar surface area (TPSA) is 98.8 Å². The van der Waals surface area contributed by atoms with E-state index >= 15 is 0 Å². The van der Waals surface area contributed by atoms with E-state index in [-0.39, 0.29) is 18.2 Å². The number of benzene rings is 2. The number of nitrogens with one attached hydrogen (secondary N) is 2. The van der Waals surface area contributed by atoms with Crippen molar-refractivity contribution in [2.75, 3.05) is 11.9 Å². The second-order valence-electron chi connectivity index (χ2n) is 13.1. The fourth-order valence-electron chi connectivity index (χ4n) is 4.19. The Morgan fingerprint density at radius 2 is 1.57 bits per heavy atom. The molecular formula is C34H44F3N3O5Si. The highest BCUT2D eigenvalue weighted by Crippen LogP contribution is 2.41. The van der Waals surface area contributed by atoms with Crippen molar-refractivity contribution in [3.05, 3.63) is 77.9 Å². The normalized spacial score (nSPS) is 13.6. The van der Waals surface area contributed by atoms with E-state index < -0.39 is 56.2 Å². The van der Waals surface area contributed by atoms with Gasteiger partial charge in [-0.2, -0.15) is 13.2 Å². The molecule has 0 aliphatic carbocycles. The van der Waals surface area contributed by atoms with Gasteiger partial charge in [-0.3, -0.25) is 10.1 Å². The Bertz CT molecular complexity index is 1460. The minimum Gasteiger partial charge on any atom is -0.466 e. The average molecular weight is 660 g/mol. The Balaban J connectivity index is 1.82. The predicted molar refractivity (Wildman–Crippen MR) is 175 cm³/mol. The molecular weight excluding hydrogens is 615 g/mol. The number of hydrogen-bond donors (Lipinski definition) is 2. The Labute approximate surface area is 270 Å². The van der Waals surface area contributed by atoms with Crippen molar-refractivity contribution >= 4 is 26.0 Å². The Morgan fingerprint density at radius 1 is 0.935 bits per heavy atom. The molecule has 3 aromatic rings. The quantitative estimate of drug-likeness (QED) is 0.190. The fraction of sp³-hybridized carbons (Fsp3) is 0.441. The number of amides is 2. The Kier molecular flexibility index (Phi) is 12.0. The lowest BCUT2D eigenvalue weighted by Crippen LogP contribution is -2.59. The van der Waals surface area contributed by atoms with Gasteiger partial charge in [0.2, 0.25) is 5.88 Å². The van der Waals surface area contributed by atoms with E-state index in [0.29, 0.717) is 5.69 Å². The molecule has 250 valence electrons. The zero-order chi connectivity index (χ0) is 34.3. The van der Waals surface area contributed by atoms with E-state index in [2.05, 4.69) is 15.6 Å². The van der Waals surface area contributed by atoms with E-state index in [1.807, 2.05) is 82.3 Å². The minimum atomic E-state index is -4.72. The lowest BCUT2D eigenvalue weighted by atomic mass is 9.98. The van der Waals surface area contributed by atoms with Crippen LogP contribution >= 0.6 is 0 Å². The molecule has 8 nitrogen and oxygen atoms in total. The van der Waals surface area contributed by atoms with E-state index in [4.69, 9.17) is 13.9 Å². The first-order chi connectivity index (χ1) is 21.4. The molecule has 0 saturated carbocycles. The van der Waals surface area contributed by atoms with Gasteiger partial charge in [0.25, 0.3) is 5.91 Å². The molecule has 12 heteroatoms. The summed E-state index contributed by atoms with van der Waals surface area (Å²) in [5, 5.41) is 4.60. The minimum absolute atomic E-state index is 0.0219. The zero-order valence-electron chi connectivity index (χ0n) is 27.6. The summed E-state index contributed by atoms with van der Waals surface area (Å²) in [5.74, 6) is -1.51. The SMILES string of the molecule is Cc1ccc(-c2ccc(NC(=O)OCc3ccccc3)c(OCC(=O)NC(C(C)C)C(O[Si](C)(C)C(C)(C)C)C(F)(F)F)n2)cc1. The number of aryl methyl sites for hydroxylation is 1. The summed E-state index contributed by atoms with van der Waals surface area (Å²) in [7, 11) is -2.87. The number of rotatable bonds is 12. The number of carbonyl (C=O) groups excluding carboxylic acids is 2. The molecule has 0 fully saturated rings. The van der Waals surface area contributed by atoms with Crippen LogP contribution in [-0.4, -0.2) is 50.2 Å². The number of pyridine rings is 1. The predicted octanol–water partition coefficient (Wildman–Crippen LogP) is 8.28. The number of aromatic nitrogens is 1. The number of anilines is 1. The van der Waals surface area contributed by atoms with Crippen LogP contribution < -0.4 is 15.4 Å². The lowest BCUT2D eigenvalue weighted by molar-refractivity contribution is -0.210. The molecule has 1 aromatic heterocycles. The van der Waals surface area contributed by atoms with Crippen LogP contribution in [0.25, 0.3) is 11.3 Å². The van der Waals surface area contributed by atoms with E-state index in [9.17, 15) is 22.8 Å². The fourth-order valence-corrected chi connectivity index (χ4v) is 5.46. The maximum atomic E-state index is 14.4. The van der Waals surface area contributed by atoms with Crippen LogP contribution in [0.3, 0.4) is 0 Å². The number of alkyl halides is 3. The van der Waals surface area contributed by atoms with Gasteiger partial charge in [0, 0.05) is 5.56 Å². The van der Waals surface area contributed by atoms with Crippen molar-refractivity contribution in [1.82, 2.24) is 10.3 Å². The molecule has 0 saturated heterocycles. The van der Waals surface area contributed by atoms with E-state index in [1.54, 1.807) is 39.1 Å². The van der Waals surface area contributed by atoms with Crippen LogP contribution in [0.4, 0.5) is 23.7 Å². The first kappa shape index (κ1) is 36.6. The number of nitrogens with zero attached hydrogens (tertiary/aromatic N) is 1. The average Bonchev–Trinajstić information content (AvgIpc) is 2.97. The summed E-state index contributed by atoms with van der Waals surface area (Å²) >= 11 is 0. The maximum absolute atomic E-state index is 14.4. The van der Waals surface area contributed by atoms with Crippen molar-refractivity contribution < 1.29 is 36.7 Å². The summed E-state index contributed by atoms with van der Waals surface area (Å²) in [6.07, 6.45) is -7.71. The summed E-state index contributed by atoms with van der Waals surface area (Å²) < 4.78 is 60.0. The number of ether oxygens (including phenoxy) is 2. The van der Waals surface area contributed by atoms with Crippen LogP contribution in [0.2, 0.25) is 18.1 Å². The molecule has 0 spiro atoms. The highest BCUT2D eigenvalue weighted by molar-refractivity contribution is 6.74. The van der Waals surface area contributed by atoms with Crippen molar-refractivity contribution in [3.8, 4) is 17.1 Å². The third kappa shape index (κ3) is 10.3. The van der Waals surface area contributed by atoms with Crippen molar-refractivity contribution in [1.29, 1.82) is 0 Å². The Morgan fingerprint density at radius 3 is 2.13 bits per heavy atom. The lowest BCUT2D eigenvalue weighted by Gasteiger charge is -2.42. The molecule has 2 N–H and O–H groups in total. The van der Waals surface area contributed by atoms with Crippen LogP contribution in [0.1, 0.15) is 45.7 Å². The van der Waals surface area contributed by atoms with Gasteiger partial charge in [-0.25, -0.2) is 9.78 Å². The summed E-state index contributed by atoms with van der Waals surface area (Å²) in [4.78, 5) is 30.3. The van der Waals surface area contributed by atoms with Gasteiger partial charge in [0.1, 0.15) is 12.3 Å². The van der Waals surface area contributed by atoms with Crippen LogP contribution in [0.5, 0.6) is 5.88 Å². The van der Waals surface area contributed by atoms with Gasteiger partial charge in [-0.1, -0.05) is 94.8 Å². The highest BCUT2D eigenvalue weighted by Gasteiger charge is 2.52. The Hall–Kier alpha value is -3.90. The molecule has 46 heavy (non-hydrogen) atoms. The molecule has 2 atom stereocenters. The summed E-state index contributed by atoms with van der Waals surface area (Å²) in [6.45, 7) is 13.5.